The second kappa shape index (κ2) is 18.1. The van der Waals surface area contributed by atoms with E-state index in [-0.39, 0.29) is 0 Å². The van der Waals surface area contributed by atoms with Gasteiger partial charge in [-0.3, -0.25) is 0 Å². The summed E-state index contributed by atoms with van der Waals surface area (Å²) in [6, 6.07) is 0. The monoisotopic (exact) mass is 539 g/mol. The van der Waals surface area contributed by atoms with E-state index >= 15 is 0 Å². The number of rotatable bonds is 16. The maximum absolute atomic E-state index is 6.28. The summed E-state index contributed by atoms with van der Waals surface area (Å²) in [5.41, 5.74) is 3.19. The molecule has 1 heteroatoms. The second-order valence-corrected chi connectivity index (χ2v) is 14.5. The highest BCUT2D eigenvalue weighted by molar-refractivity contribution is 5.10. The van der Waals surface area contributed by atoms with Crippen molar-refractivity contribution in [3.05, 3.63) is 23.3 Å². The van der Waals surface area contributed by atoms with Gasteiger partial charge in [0.25, 0.3) is 0 Å². The van der Waals surface area contributed by atoms with Crippen LogP contribution >= 0.6 is 0 Å². The van der Waals surface area contributed by atoms with Gasteiger partial charge < -0.3 is 4.74 Å². The molecular weight excluding hydrogens is 472 g/mol. The quantitative estimate of drug-likeness (QED) is 0.140. The number of hydrogen-bond acceptors (Lipinski definition) is 1. The van der Waals surface area contributed by atoms with Crippen molar-refractivity contribution in [2.75, 3.05) is 13.2 Å². The molecule has 4 aliphatic rings. The van der Waals surface area contributed by atoms with Crippen LogP contribution in [0.4, 0.5) is 0 Å². The second-order valence-electron chi connectivity index (χ2n) is 14.5. The fraction of sp³-hybridized carbons (Fsp3) is 0.895. The lowest BCUT2D eigenvalue weighted by molar-refractivity contribution is 0.154. The molecular formula is C38H66O. The molecule has 0 radical (unpaired) electrons. The Morgan fingerprint density at radius 3 is 1.31 bits per heavy atom. The summed E-state index contributed by atoms with van der Waals surface area (Å²) in [4.78, 5) is 0. The van der Waals surface area contributed by atoms with E-state index in [1.807, 2.05) is 0 Å². The molecule has 0 aliphatic heterocycles. The van der Waals surface area contributed by atoms with E-state index in [9.17, 15) is 0 Å². The molecule has 2 fully saturated rings. The molecule has 39 heavy (non-hydrogen) atoms. The van der Waals surface area contributed by atoms with Gasteiger partial charge in [0.05, 0.1) is 13.2 Å². The van der Waals surface area contributed by atoms with Crippen LogP contribution in [0, 0.1) is 35.5 Å². The lowest BCUT2D eigenvalue weighted by atomic mass is 9.70. The van der Waals surface area contributed by atoms with Crippen molar-refractivity contribution in [3.8, 4) is 0 Å². The third-order valence-corrected chi connectivity index (χ3v) is 11.7. The minimum absolute atomic E-state index is 0.889. The first-order valence-electron chi connectivity index (χ1n) is 18.2. The third kappa shape index (κ3) is 11.0. The molecule has 0 heterocycles. The maximum Gasteiger partial charge on any atom is 0.0681 e. The molecule has 0 N–H and O–H groups in total. The van der Waals surface area contributed by atoms with Crippen LogP contribution in [0.2, 0.25) is 0 Å². The standard InChI is InChI=1S/C38H66O/c1-3-5-7-9-11-31-13-21-35(22-14-31)37-25-17-33(18-26-37)29-39-30-34-19-27-38(28-20-34)36-23-15-32(16-24-36)12-10-8-6-4-2/h17,19,31-32,35-38H,3-16,18,20-30H2,1-2H3. The van der Waals surface area contributed by atoms with Crippen molar-refractivity contribution >= 4 is 0 Å². The molecule has 4 aliphatic carbocycles. The van der Waals surface area contributed by atoms with Crippen molar-refractivity contribution in [1.82, 2.24) is 0 Å². The average molecular weight is 539 g/mol. The van der Waals surface area contributed by atoms with Crippen molar-refractivity contribution in [3.63, 3.8) is 0 Å². The Hall–Kier alpha value is -0.560. The van der Waals surface area contributed by atoms with Crippen LogP contribution in [0.5, 0.6) is 0 Å². The highest BCUT2D eigenvalue weighted by Gasteiger charge is 2.30. The van der Waals surface area contributed by atoms with Gasteiger partial charge in [0.2, 0.25) is 0 Å². The zero-order valence-corrected chi connectivity index (χ0v) is 26.4. The topological polar surface area (TPSA) is 9.23 Å². The highest BCUT2D eigenvalue weighted by Crippen LogP contribution is 2.42. The first-order chi connectivity index (χ1) is 19.2. The Morgan fingerprint density at radius 2 is 0.949 bits per heavy atom. The molecule has 2 atom stereocenters. The Balaban J connectivity index is 1.05. The van der Waals surface area contributed by atoms with Crippen molar-refractivity contribution in [1.29, 1.82) is 0 Å². The van der Waals surface area contributed by atoms with Crippen molar-refractivity contribution < 1.29 is 4.74 Å². The van der Waals surface area contributed by atoms with Gasteiger partial charge in [-0.15, -0.1) is 0 Å². The fourth-order valence-electron chi connectivity index (χ4n) is 8.87. The van der Waals surface area contributed by atoms with Crippen molar-refractivity contribution in [2.45, 2.75) is 168 Å². The lowest BCUT2D eigenvalue weighted by Gasteiger charge is -2.36. The van der Waals surface area contributed by atoms with Gasteiger partial charge in [-0.2, -0.15) is 0 Å². The van der Waals surface area contributed by atoms with Gasteiger partial charge in [0.15, 0.2) is 0 Å². The molecule has 4 rings (SSSR count). The predicted molar refractivity (Wildman–Crippen MR) is 170 cm³/mol. The van der Waals surface area contributed by atoms with Gasteiger partial charge in [-0.25, -0.2) is 0 Å². The summed E-state index contributed by atoms with van der Waals surface area (Å²) in [7, 11) is 0. The molecule has 0 bridgehead atoms. The summed E-state index contributed by atoms with van der Waals surface area (Å²) in [6.07, 6.45) is 39.9. The van der Waals surface area contributed by atoms with Crippen LogP contribution in [-0.4, -0.2) is 13.2 Å². The Bertz CT molecular complexity index is 642. The number of allylic oxidation sites excluding steroid dienone is 2. The highest BCUT2D eigenvalue weighted by atomic mass is 16.5. The molecule has 2 unspecified atom stereocenters. The fourth-order valence-corrected chi connectivity index (χ4v) is 8.87. The zero-order chi connectivity index (χ0) is 27.1. The smallest absolute Gasteiger partial charge is 0.0681 e. The predicted octanol–water partition coefficient (Wildman–Crippen LogP) is 12.0. The minimum Gasteiger partial charge on any atom is -0.373 e. The average Bonchev–Trinajstić information content (AvgIpc) is 2.99. The summed E-state index contributed by atoms with van der Waals surface area (Å²) in [5.74, 6) is 6.04. The normalized spacial score (nSPS) is 32.1. The van der Waals surface area contributed by atoms with Gasteiger partial charge in [0, 0.05) is 0 Å². The molecule has 0 aromatic carbocycles. The van der Waals surface area contributed by atoms with Crippen molar-refractivity contribution in [2.24, 2.45) is 35.5 Å². The Labute approximate surface area is 244 Å². The molecule has 0 spiro atoms. The number of ether oxygens (including phenoxy) is 1. The molecule has 0 aromatic heterocycles. The van der Waals surface area contributed by atoms with Crippen LogP contribution in [-0.2, 0) is 4.74 Å². The first-order valence-corrected chi connectivity index (χ1v) is 18.2. The molecule has 0 aromatic rings. The zero-order valence-electron chi connectivity index (χ0n) is 26.4. The van der Waals surface area contributed by atoms with E-state index in [4.69, 9.17) is 4.74 Å². The lowest BCUT2D eigenvalue weighted by Crippen LogP contribution is -2.24. The molecule has 224 valence electrons. The summed E-state index contributed by atoms with van der Waals surface area (Å²) < 4.78 is 6.28. The largest absolute Gasteiger partial charge is 0.373 e. The Kier molecular flexibility index (Phi) is 14.5. The first kappa shape index (κ1) is 31.4. The summed E-state index contributed by atoms with van der Waals surface area (Å²) >= 11 is 0. The van der Waals surface area contributed by atoms with E-state index in [2.05, 4.69) is 26.0 Å². The third-order valence-electron chi connectivity index (χ3n) is 11.7. The SMILES string of the molecule is CCCCCCC1CCC(C2CC=C(COCC3=CCC(C4CCC(CCCCCC)CC4)CC3)CC2)CC1. The van der Waals surface area contributed by atoms with Crippen LogP contribution in [0.3, 0.4) is 0 Å². The van der Waals surface area contributed by atoms with E-state index in [0.29, 0.717) is 0 Å². The van der Waals surface area contributed by atoms with E-state index in [1.54, 1.807) is 11.1 Å². The van der Waals surface area contributed by atoms with E-state index in [0.717, 1.165) is 48.7 Å². The van der Waals surface area contributed by atoms with Gasteiger partial charge >= 0.3 is 0 Å². The van der Waals surface area contributed by atoms with Crippen LogP contribution in [0.1, 0.15) is 168 Å². The Morgan fingerprint density at radius 1 is 0.513 bits per heavy atom. The van der Waals surface area contributed by atoms with Crippen LogP contribution in [0.15, 0.2) is 23.3 Å². The summed E-state index contributed by atoms with van der Waals surface area (Å²) in [6.45, 7) is 6.43. The number of hydrogen-bond donors (Lipinski definition) is 0. The van der Waals surface area contributed by atoms with Crippen LogP contribution in [0.25, 0.3) is 0 Å². The molecule has 2 saturated carbocycles. The van der Waals surface area contributed by atoms with E-state index < -0.39 is 0 Å². The molecule has 1 nitrogen and oxygen atoms in total. The molecule has 0 saturated heterocycles. The summed E-state index contributed by atoms with van der Waals surface area (Å²) in [5, 5.41) is 0. The minimum atomic E-state index is 0.889. The van der Waals surface area contributed by atoms with Crippen LogP contribution < -0.4 is 0 Å². The van der Waals surface area contributed by atoms with Gasteiger partial charge in [-0.1, -0.05) is 116 Å². The van der Waals surface area contributed by atoms with Gasteiger partial charge in [0.1, 0.15) is 0 Å². The molecule has 0 amide bonds. The van der Waals surface area contributed by atoms with E-state index in [1.165, 1.54) is 154 Å². The van der Waals surface area contributed by atoms with Gasteiger partial charge in [-0.05, 0) is 111 Å². The number of unbranched alkanes of at least 4 members (excludes halogenated alkanes) is 6. The maximum atomic E-state index is 6.28.